The number of anilines is 3. The van der Waals surface area contributed by atoms with Gasteiger partial charge in [-0.2, -0.15) is 23.7 Å². The van der Waals surface area contributed by atoms with Gasteiger partial charge < -0.3 is 21.5 Å². The smallest absolute Gasteiger partial charge is 0.416 e. The van der Waals surface area contributed by atoms with Gasteiger partial charge in [-0.1, -0.05) is 23.7 Å². The summed E-state index contributed by atoms with van der Waals surface area (Å²) in [5.41, 5.74) is 12.2. The Labute approximate surface area is 207 Å². The molecule has 1 aliphatic rings. The predicted octanol–water partition coefficient (Wildman–Crippen LogP) is 4.31. The van der Waals surface area contributed by atoms with Gasteiger partial charge in [0, 0.05) is 16.1 Å². The van der Waals surface area contributed by atoms with Crippen molar-refractivity contribution < 1.29 is 17.9 Å². The van der Waals surface area contributed by atoms with E-state index in [1.807, 2.05) is 6.07 Å². The Hall–Kier alpha value is -4.68. The maximum Gasteiger partial charge on any atom is 0.416 e. The normalized spacial score (nSPS) is 14.5. The number of nitriles is 2. The van der Waals surface area contributed by atoms with Gasteiger partial charge in [0.05, 0.1) is 11.3 Å². The minimum Gasteiger partial charge on any atom is -0.489 e. The van der Waals surface area contributed by atoms with Crippen LogP contribution in [-0.2, 0) is 12.8 Å². The second kappa shape index (κ2) is 9.52. The Bertz CT molecular complexity index is 1460. The van der Waals surface area contributed by atoms with Gasteiger partial charge in [0.25, 0.3) is 0 Å². The summed E-state index contributed by atoms with van der Waals surface area (Å²) in [7, 11) is 0. The minimum absolute atomic E-state index is 0.0149. The molecular weight excluding hydrogens is 497 g/mol. The van der Waals surface area contributed by atoms with Crippen molar-refractivity contribution in [2.75, 3.05) is 16.8 Å². The van der Waals surface area contributed by atoms with Gasteiger partial charge in [-0.25, -0.2) is 9.98 Å². The summed E-state index contributed by atoms with van der Waals surface area (Å²) in [6.07, 6.45) is -2.75. The molecule has 0 fully saturated rings. The average Bonchev–Trinajstić information content (AvgIpc) is 2.82. The first kappa shape index (κ1) is 24.4. The standard InChI is InChI=1S/C23H16ClF3N8O/c24-13-4-5-16(36-9-11-2-1-3-12(6-11)23(25,26)27)14(7-13)19-17-18(30)15(8-28)20(31)34-21(17)35-22(33-19)32-10-29/h1-7,19H,9H2,(H6,30,31,32,33,34,35). The van der Waals surface area contributed by atoms with E-state index in [1.165, 1.54) is 30.3 Å². The molecule has 2 aromatic carbocycles. The minimum atomic E-state index is -4.50. The first-order valence-electron chi connectivity index (χ1n) is 10.2. The van der Waals surface area contributed by atoms with Crippen LogP contribution in [0.3, 0.4) is 0 Å². The molecule has 0 saturated carbocycles. The zero-order valence-corrected chi connectivity index (χ0v) is 18.9. The van der Waals surface area contributed by atoms with E-state index >= 15 is 0 Å². The number of nitrogens with two attached hydrogens (primary N) is 2. The van der Waals surface area contributed by atoms with Crippen molar-refractivity contribution in [3.8, 4) is 18.0 Å². The second-order valence-electron chi connectivity index (χ2n) is 7.57. The number of rotatable bonds is 4. The second-order valence-corrected chi connectivity index (χ2v) is 8.01. The third kappa shape index (κ3) is 4.76. The van der Waals surface area contributed by atoms with E-state index in [2.05, 4.69) is 20.6 Å². The molecular formula is C23H16ClF3N8O. The number of fused-ring (bicyclic) bond motifs is 1. The van der Waals surface area contributed by atoms with E-state index in [0.717, 1.165) is 12.1 Å². The highest BCUT2D eigenvalue weighted by Gasteiger charge is 2.32. The Morgan fingerprint density at radius 2 is 1.94 bits per heavy atom. The number of halogens is 4. The summed E-state index contributed by atoms with van der Waals surface area (Å²) in [6.45, 7) is -0.192. The summed E-state index contributed by atoms with van der Waals surface area (Å²) < 4.78 is 45.2. The van der Waals surface area contributed by atoms with Crippen molar-refractivity contribution in [3.05, 3.63) is 75.3 Å². The van der Waals surface area contributed by atoms with Gasteiger partial charge in [0.1, 0.15) is 41.7 Å². The first-order valence-corrected chi connectivity index (χ1v) is 10.6. The molecule has 1 atom stereocenters. The van der Waals surface area contributed by atoms with E-state index in [1.54, 1.807) is 6.19 Å². The van der Waals surface area contributed by atoms with Crippen LogP contribution in [0.5, 0.6) is 5.75 Å². The van der Waals surface area contributed by atoms with Crippen LogP contribution in [0.2, 0.25) is 5.02 Å². The van der Waals surface area contributed by atoms with Gasteiger partial charge in [-0.3, -0.25) is 5.32 Å². The van der Waals surface area contributed by atoms with Crippen molar-refractivity contribution in [2.45, 2.75) is 18.8 Å². The number of guanidine groups is 1. The van der Waals surface area contributed by atoms with E-state index in [4.69, 9.17) is 33.1 Å². The predicted molar refractivity (Wildman–Crippen MR) is 127 cm³/mol. The number of hydrogen-bond acceptors (Lipinski definition) is 9. The number of benzene rings is 2. The number of aromatic nitrogens is 1. The van der Waals surface area contributed by atoms with Gasteiger partial charge in [0.15, 0.2) is 6.19 Å². The number of nitrogen functional groups attached to an aromatic ring is 2. The van der Waals surface area contributed by atoms with Crippen molar-refractivity contribution >= 4 is 34.9 Å². The van der Waals surface area contributed by atoms with E-state index in [9.17, 15) is 18.4 Å². The average molecular weight is 513 g/mol. The number of aliphatic imine (C=N–C) groups is 1. The highest BCUT2D eigenvalue weighted by Crippen LogP contribution is 2.44. The van der Waals surface area contributed by atoms with Crippen LogP contribution in [0.4, 0.5) is 30.5 Å². The zero-order valence-electron chi connectivity index (χ0n) is 18.2. The Morgan fingerprint density at radius 3 is 2.64 bits per heavy atom. The molecule has 0 saturated heterocycles. The highest BCUT2D eigenvalue weighted by atomic mass is 35.5. The molecule has 0 radical (unpaired) electrons. The molecule has 0 aliphatic carbocycles. The molecule has 1 aromatic heterocycles. The number of nitrogens with one attached hydrogen (secondary N) is 2. The van der Waals surface area contributed by atoms with Crippen molar-refractivity contribution in [3.63, 3.8) is 0 Å². The fourth-order valence-corrected chi connectivity index (χ4v) is 3.85. The van der Waals surface area contributed by atoms with Crippen molar-refractivity contribution in [1.82, 2.24) is 10.3 Å². The summed E-state index contributed by atoms with van der Waals surface area (Å²) in [5.74, 6) is 0.301. The quantitative estimate of drug-likeness (QED) is 0.297. The summed E-state index contributed by atoms with van der Waals surface area (Å²) in [6, 6.07) is 10.3. The molecule has 4 rings (SSSR count). The van der Waals surface area contributed by atoms with Gasteiger partial charge in [-0.05, 0) is 35.9 Å². The van der Waals surface area contributed by atoms with Crippen LogP contribution in [0.25, 0.3) is 0 Å². The molecule has 1 aliphatic heterocycles. The van der Waals surface area contributed by atoms with Crippen LogP contribution in [-0.4, -0.2) is 10.9 Å². The highest BCUT2D eigenvalue weighted by molar-refractivity contribution is 6.30. The van der Waals surface area contributed by atoms with E-state index < -0.39 is 17.8 Å². The monoisotopic (exact) mass is 512 g/mol. The lowest BCUT2D eigenvalue weighted by atomic mass is 9.94. The van der Waals surface area contributed by atoms with Crippen LogP contribution < -0.4 is 26.8 Å². The van der Waals surface area contributed by atoms with Gasteiger partial charge in [0.2, 0.25) is 5.96 Å². The van der Waals surface area contributed by atoms with Crippen LogP contribution in [0.1, 0.15) is 33.9 Å². The maximum atomic E-state index is 13.1. The molecule has 6 N–H and O–H groups in total. The fraction of sp³-hybridized carbons (Fsp3) is 0.130. The molecule has 36 heavy (non-hydrogen) atoms. The largest absolute Gasteiger partial charge is 0.489 e. The van der Waals surface area contributed by atoms with Crippen molar-refractivity contribution in [1.29, 1.82) is 10.5 Å². The Kier molecular flexibility index (Phi) is 6.47. The summed E-state index contributed by atoms with van der Waals surface area (Å²) in [5, 5.41) is 24.1. The maximum absolute atomic E-state index is 13.1. The van der Waals surface area contributed by atoms with Crippen molar-refractivity contribution in [2.24, 2.45) is 4.99 Å². The molecule has 0 spiro atoms. The molecule has 0 bridgehead atoms. The molecule has 182 valence electrons. The third-order valence-electron chi connectivity index (χ3n) is 5.27. The molecule has 3 aromatic rings. The molecule has 2 heterocycles. The SMILES string of the molecule is N#CNC1=NC(c2cc(Cl)ccc2OCc2cccc(C(F)(F)F)c2)c2c(nc(N)c(C#N)c2N)N1. The number of nitrogens with zero attached hydrogens (tertiary/aromatic N) is 4. The molecule has 13 heteroatoms. The van der Waals surface area contributed by atoms with E-state index in [0.29, 0.717) is 10.6 Å². The third-order valence-corrected chi connectivity index (χ3v) is 5.51. The molecule has 0 amide bonds. The lowest BCUT2D eigenvalue weighted by Gasteiger charge is -2.27. The Morgan fingerprint density at radius 1 is 1.17 bits per heavy atom. The van der Waals surface area contributed by atoms with Crippen LogP contribution >= 0.6 is 11.6 Å². The Balaban J connectivity index is 1.79. The van der Waals surface area contributed by atoms with Crippen LogP contribution in [0.15, 0.2) is 47.5 Å². The number of hydrogen-bond donors (Lipinski definition) is 4. The number of pyridine rings is 1. The fourth-order valence-electron chi connectivity index (χ4n) is 3.67. The number of ether oxygens (including phenoxy) is 1. The van der Waals surface area contributed by atoms with Gasteiger partial charge in [-0.15, -0.1) is 0 Å². The molecule has 9 nitrogen and oxygen atoms in total. The van der Waals surface area contributed by atoms with E-state index in [-0.39, 0.29) is 52.3 Å². The first-order chi connectivity index (χ1) is 17.1. The van der Waals surface area contributed by atoms with Gasteiger partial charge >= 0.3 is 6.18 Å². The number of alkyl halides is 3. The molecule has 1 unspecified atom stereocenters. The lowest BCUT2D eigenvalue weighted by Crippen LogP contribution is -2.33. The topological polar surface area (TPSA) is 158 Å². The lowest BCUT2D eigenvalue weighted by molar-refractivity contribution is -0.137. The van der Waals surface area contributed by atoms with Crippen LogP contribution in [0, 0.1) is 22.8 Å². The summed E-state index contributed by atoms with van der Waals surface area (Å²) in [4.78, 5) is 8.65. The summed E-state index contributed by atoms with van der Waals surface area (Å²) >= 11 is 6.24. The zero-order chi connectivity index (χ0) is 26.0.